The van der Waals surface area contributed by atoms with E-state index in [0.717, 1.165) is 27.5 Å². The normalized spacial score (nSPS) is 22.6. The maximum Gasteiger partial charge on any atom is 0.266 e. The van der Waals surface area contributed by atoms with Crippen LogP contribution in [-0.4, -0.2) is 23.4 Å². The Kier molecular flexibility index (Phi) is 3.50. The van der Waals surface area contributed by atoms with Crippen LogP contribution in [0.3, 0.4) is 0 Å². The lowest BCUT2D eigenvalue weighted by Crippen LogP contribution is -2.33. The molecule has 3 rings (SSSR count). The van der Waals surface area contributed by atoms with Crippen LogP contribution in [0, 0.1) is 5.92 Å². The van der Waals surface area contributed by atoms with Crippen molar-refractivity contribution in [3.05, 3.63) is 27.5 Å². The summed E-state index contributed by atoms with van der Waals surface area (Å²) >= 11 is 4.94. The van der Waals surface area contributed by atoms with E-state index in [4.69, 9.17) is 5.73 Å². The van der Waals surface area contributed by atoms with Gasteiger partial charge in [0.1, 0.15) is 4.88 Å². The number of halogens is 1. The monoisotopic (exact) mass is 352 g/mol. The molecule has 0 aliphatic carbocycles. The first-order valence-corrected chi connectivity index (χ1v) is 8.37. The van der Waals surface area contributed by atoms with Crippen molar-refractivity contribution in [1.82, 2.24) is 4.90 Å². The molecule has 1 amide bonds. The van der Waals surface area contributed by atoms with Crippen molar-refractivity contribution in [1.29, 1.82) is 0 Å². The first-order valence-electron chi connectivity index (χ1n) is 6.76. The standard InChI is InChI=1S/C15H17BrN2OS/c1-8-5-9(2)18(7-8)15(19)14-13(17)11-6-10(16)3-4-12(11)20-14/h3-4,6,8-9H,5,7,17H2,1-2H3. The Balaban J connectivity index is 2.02. The van der Waals surface area contributed by atoms with Crippen molar-refractivity contribution in [2.24, 2.45) is 5.92 Å². The summed E-state index contributed by atoms with van der Waals surface area (Å²) in [7, 11) is 0. The highest BCUT2D eigenvalue weighted by atomic mass is 79.9. The molecule has 1 fully saturated rings. The van der Waals surface area contributed by atoms with Crippen LogP contribution in [0.25, 0.3) is 10.1 Å². The van der Waals surface area contributed by atoms with E-state index in [-0.39, 0.29) is 5.91 Å². The summed E-state index contributed by atoms with van der Waals surface area (Å²) in [6.45, 7) is 5.13. The second kappa shape index (κ2) is 5.04. The number of anilines is 1. The van der Waals surface area contributed by atoms with Crippen LogP contribution >= 0.6 is 27.3 Å². The topological polar surface area (TPSA) is 46.3 Å². The molecule has 2 aromatic rings. The van der Waals surface area contributed by atoms with Crippen molar-refractivity contribution >= 4 is 48.9 Å². The lowest BCUT2D eigenvalue weighted by atomic mass is 10.1. The molecule has 0 spiro atoms. The van der Waals surface area contributed by atoms with E-state index in [2.05, 4.69) is 29.8 Å². The van der Waals surface area contributed by atoms with E-state index in [1.807, 2.05) is 23.1 Å². The Labute approximate surface area is 130 Å². The Hall–Kier alpha value is -1.07. The average molecular weight is 353 g/mol. The minimum absolute atomic E-state index is 0.0803. The van der Waals surface area contributed by atoms with Gasteiger partial charge in [-0.15, -0.1) is 11.3 Å². The van der Waals surface area contributed by atoms with Crippen molar-refractivity contribution in [3.63, 3.8) is 0 Å². The van der Waals surface area contributed by atoms with Gasteiger partial charge >= 0.3 is 0 Å². The van der Waals surface area contributed by atoms with E-state index in [1.165, 1.54) is 11.3 Å². The number of amides is 1. The average Bonchev–Trinajstić information content (AvgIpc) is 2.90. The first-order chi connectivity index (χ1) is 9.47. The molecule has 2 N–H and O–H groups in total. The number of thiophene rings is 1. The molecule has 0 radical (unpaired) electrons. The van der Waals surface area contributed by atoms with Crippen molar-refractivity contribution < 1.29 is 4.79 Å². The Morgan fingerprint density at radius 1 is 1.45 bits per heavy atom. The quantitative estimate of drug-likeness (QED) is 0.838. The number of likely N-dealkylation sites (tertiary alicyclic amines) is 1. The molecule has 2 unspecified atom stereocenters. The Bertz CT molecular complexity index is 682. The van der Waals surface area contributed by atoms with E-state index in [1.54, 1.807) is 0 Å². The minimum Gasteiger partial charge on any atom is -0.397 e. The molecule has 106 valence electrons. The molecule has 0 bridgehead atoms. The summed E-state index contributed by atoms with van der Waals surface area (Å²) in [5.74, 6) is 0.648. The van der Waals surface area contributed by atoms with Crippen LogP contribution in [-0.2, 0) is 0 Å². The van der Waals surface area contributed by atoms with Gasteiger partial charge in [-0.2, -0.15) is 0 Å². The molecule has 1 aromatic heterocycles. The lowest BCUT2D eigenvalue weighted by molar-refractivity contribution is 0.0749. The maximum atomic E-state index is 12.7. The number of carbonyl (C=O) groups is 1. The lowest BCUT2D eigenvalue weighted by Gasteiger charge is -2.20. The number of nitrogen functional groups attached to an aromatic ring is 1. The van der Waals surface area contributed by atoms with Gasteiger partial charge in [0.05, 0.1) is 5.69 Å². The van der Waals surface area contributed by atoms with Gasteiger partial charge in [0.15, 0.2) is 0 Å². The van der Waals surface area contributed by atoms with Crippen molar-refractivity contribution in [2.75, 3.05) is 12.3 Å². The van der Waals surface area contributed by atoms with Gasteiger partial charge in [-0.1, -0.05) is 22.9 Å². The zero-order valence-electron chi connectivity index (χ0n) is 11.5. The van der Waals surface area contributed by atoms with Gasteiger partial charge < -0.3 is 10.6 Å². The van der Waals surface area contributed by atoms with Gasteiger partial charge in [-0.05, 0) is 37.5 Å². The fraction of sp³-hybridized carbons (Fsp3) is 0.400. The SMILES string of the molecule is CC1CC(C)N(C(=O)c2sc3ccc(Br)cc3c2N)C1. The van der Waals surface area contributed by atoms with Crippen LogP contribution in [0.1, 0.15) is 29.9 Å². The smallest absolute Gasteiger partial charge is 0.266 e. The van der Waals surface area contributed by atoms with E-state index >= 15 is 0 Å². The zero-order chi connectivity index (χ0) is 14.4. The molecule has 20 heavy (non-hydrogen) atoms. The fourth-order valence-electron chi connectivity index (χ4n) is 2.96. The summed E-state index contributed by atoms with van der Waals surface area (Å²) < 4.78 is 2.05. The molecule has 3 nitrogen and oxygen atoms in total. The molecule has 2 atom stereocenters. The molecular weight excluding hydrogens is 336 g/mol. The van der Waals surface area contributed by atoms with Gasteiger partial charge in [0.25, 0.3) is 5.91 Å². The maximum absolute atomic E-state index is 12.7. The number of nitrogens with two attached hydrogens (primary N) is 1. The predicted molar refractivity (Wildman–Crippen MR) is 88.2 cm³/mol. The summed E-state index contributed by atoms with van der Waals surface area (Å²) in [6.07, 6.45) is 1.07. The molecule has 0 saturated carbocycles. The molecule has 1 aliphatic heterocycles. The van der Waals surface area contributed by atoms with E-state index in [0.29, 0.717) is 22.5 Å². The number of carbonyl (C=O) groups excluding carboxylic acids is 1. The summed E-state index contributed by atoms with van der Waals surface area (Å²) in [4.78, 5) is 15.4. The fourth-order valence-corrected chi connectivity index (χ4v) is 4.38. The summed E-state index contributed by atoms with van der Waals surface area (Å²) in [5, 5.41) is 0.965. The highest BCUT2D eigenvalue weighted by Gasteiger charge is 2.32. The summed E-state index contributed by atoms with van der Waals surface area (Å²) in [6, 6.07) is 6.27. The predicted octanol–water partition coefficient (Wildman–Crippen LogP) is 4.12. The largest absolute Gasteiger partial charge is 0.397 e. The van der Waals surface area contributed by atoms with Gasteiger partial charge in [0.2, 0.25) is 0 Å². The van der Waals surface area contributed by atoms with Crippen molar-refractivity contribution in [3.8, 4) is 0 Å². The van der Waals surface area contributed by atoms with Crippen LogP contribution in [0.5, 0.6) is 0 Å². The second-order valence-corrected chi connectivity index (χ2v) is 7.60. The number of rotatable bonds is 1. The van der Waals surface area contributed by atoms with E-state index < -0.39 is 0 Å². The number of fused-ring (bicyclic) bond motifs is 1. The molecule has 1 saturated heterocycles. The number of hydrogen-bond acceptors (Lipinski definition) is 3. The second-order valence-electron chi connectivity index (χ2n) is 5.63. The van der Waals surface area contributed by atoms with Crippen LogP contribution in [0.2, 0.25) is 0 Å². The third-order valence-corrected chi connectivity index (χ3v) is 5.60. The highest BCUT2D eigenvalue weighted by molar-refractivity contribution is 9.10. The number of nitrogens with zero attached hydrogens (tertiary/aromatic N) is 1. The Morgan fingerprint density at radius 3 is 2.85 bits per heavy atom. The molecule has 5 heteroatoms. The van der Waals surface area contributed by atoms with Crippen molar-refractivity contribution in [2.45, 2.75) is 26.3 Å². The van der Waals surface area contributed by atoms with E-state index in [9.17, 15) is 4.79 Å². The third kappa shape index (κ3) is 2.23. The summed E-state index contributed by atoms with van der Waals surface area (Å²) in [5.41, 5.74) is 6.81. The van der Waals surface area contributed by atoms with Crippen LogP contribution < -0.4 is 5.73 Å². The zero-order valence-corrected chi connectivity index (χ0v) is 13.9. The van der Waals surface area contributed by atoms with Crippen LogP contribution in [0.4, 0.5) is 5.69 Å². The molecule has 2 heterocycles. The van der Waals surface area contributed by atoms with Gasteiger partial charge in [-0.3, -0.25) is 4.79 Å². The first kappa shape index (κ1) is 13.9. The number of benzene rings is 1. The Morgan fingerprint density at radius 2 is 2.20 bits per heavy atom. The highest BCUT2D eigenvalue weighted by Crippen LogP contribution is 2.37. The van der Waals surface area contributed by atoms with Gasteiger partial charge in [-0.25, -0.2) is 0 Å². The molecule has 1 aromatic carbocycles. The molecular formula is C15H17BrN2OS. The third-order valence-electron chi connectivity index (χ3n) is 3.93. The number of hydrogen-bond donors (Lipinski definition) is 1. The van der Waals surface area contributed by atoms with Crippen LogP contribution in [0.15, 0.2) is 22.7 Å². The molecule has 1 aliphatic rings. The van der Waals surface area contributed by atoms with Gasteiger partial charge in [0, 0.05) is 27.1 Å². The minimum atomic E-state index is 0.0803.